The van der Waals surface area contributed by atoms with E-state index < -0.39 is 21.8 Å². The molecular formula is C8H5BrN2O4S. The lowest BCUT2D eigenvalue weighted by Gasteiger charge is -2.03. The lowest BCUT2D eigenvalue weighted by molar-refractivity contribution is 0.0879. The van der Waals surface area contributed by atoms with Crippen molar-refractivity contribution >= 4 is 37.8 Å². The fraction of sp³-hybridized carbons (Fsp3) is 0. The summed E-state index contributed by atoms with van der Waals surface area (Å²) < 4.78 is 22.5. The van der Waals surface area contributed by atoms with Crippen molar-refractivity contribution in [1.29, 1.82) is 0 Å². The van der Waals surface area contributed by atoms with Crippen molar-refractivity contribution in [3.63, 3.8) is 0 Å². The lowest BCUT2D eigenvalue weighted by Crippen LogP contribution is -2.19. The van der Waals surface area contributed by atoms with Crippen LogP contribution < -0.4 is 10.5 Å². The summed E-state index contributed by atoms with van der Waals surface area (Å²) in [4.78, 5) is 22.3. The number of halogens is 1. The fourth-order valence-electron chi connectivity index (χ4n) is 1.38. The molecule has 1 aromatic carbocycles. The Labute approximate surface area is 99.0 Å². The van der Waals surface area contributed by atoms with Gasteiger partial charge in [-0.1, -0.05) is 0 Å². The Kier molecular flexibility index (Phi) is 2.37. The summed E-state index contributed by atoms with van der Waals surface area (Å²) >= 11 is 2.98. The molecule has 1 aliphatic rings. The van der Waals surface area contributed by atoms with E-state index in [0.717, 1.165) is 6.07 Å². The largest absolute Gasteiger partial charge is 0.288 e. The number of primary sulfonamides is 1. The van der Waals surface area contributed by atoms with Crippen LogP contribution in [0.3, 0.4) is 0 Å². The molecule has 1 aromatic rings. The summed E-state index contributed by atoms with van der Waals surface area (Å²) in [6.45, 7) is 0. The van der Waals surface area contributed by atoms with Crippen LogP contribution in [0.4, 0.5) is 0 Å². The summed E-state index contributed by atoms with van der Waals surface area (Å²) in [6, 6.07) is 2.34. The van der Waals surface area contributed by atoms with E-state index in [1.54, 1.807) is 0 Å². The van der Waals surface area contributed by atoms with Gasteiger partial charge in [0, 0.05) is 4.47 Å². The first-order valence-corrected chi connectivity index (χ1v) is 6.36. The molecule has 2 amide bonds. The SMILES string of the molecule is NS(=O)(=O)c1cc2c(cc1Br)C(=O)NC2=O. The summed E-state index contributed by atoms with van der Waals surface area (Å²) in [5.74, 6) is -1.18. The van der Waals surface area contributed by atoms with E-state index >= 15 is 0 Å². The van der Waals surface area contributed by atoms with E-state index in [0.29, 0.717) is 0 Å². The second-order valence-corrected chi connectivity index (χ2v) is 5.54. The molecule has 0 spiro atoms. The summed E-state index contributed by atoms with van der Waals surface area (Å²) in [7, 11) is -3.93. The molecule has 84 valence electrons. The molecule has 6 nitrogen and oxygen atoms in total. The third-order valence-corrected chi connectivity index (χ3v) is 3.96. The number of fused-ring (bicyclic) bond motifs is 1. The maximum absolute atomic E-state index is 11.3. The van der Waals surface area contributed by atoms with Gasteiger partial charge in [0.2, 0.25) is 10.0 Å². The molecule has 0 aliphatic carbocycles. The highest BCUT2D eigenvalue weighted by Crippen LogP contribution is 2.27. The highest BCUT2D eigenvalue weighted by atomic mass is 79.9. The van der Waals surface area contributed by atoms with Gasteiger partial charge in [-0.15, -0.1) is 0 Å². The van der Waals surface area contributed by atoms with Gasteiger partial charge in [-0.25, -0.2) is 13.6 Å². The van der Waals surface area contributed by atoms with Crippen LogP contribution in [0, 0.1) is 0 Å². The van der Waals surface area contributed by atoms with Crippen LogP contribution in [0.2, 0.25) is 0 Å². The first-order valence-electron chi connectivity index (χ1n) is 4.03. The number of carbonyl (C=O) groups is 2. The predicted octanol–water partition coefficient (Wildman–Crippen LogP) is -0.0199. The molecule has 3 N–H and O–H groups in total. The maximum Gasteiger partial charge on any atom is 0.258 e. The predicted molar refractivity (Wildman–Crippen MR) is 57.3 cm³/mol. The van der Waals surface area contributed by atoms with Gasteiger partial charge in [0.1, 0.15) is 0 Å². The van der Waals surface area contributed by atoms with Gasteiger partial charge in [0.25, 0.3) is 11.8 Å². The van der Waals surface area contributed by atoms with Crippen molar-refractivity contribution in [3.8, 4) is 0 Å². The number of imide groups is 1. The van der Waals surface area contributed by atoms with Crippen molar-refractivity contribution in [3.05, 3.63) is 27.7 Å². The van der Waals surface area contributed by atoms with E-state index in [1.165, 1.54) is 6.07 Å². The quantitative estimate of drug-likeness (QED) is 0.711. The molecule has 1 aliphatic heterocycles. The molecule has 16 heavy (non-hydrogen) atoms. The molecule has 1 heterocycles. The van der Waals surface area contributed by atoms with E-state index in [2.05, 4.69) is 21.2 Å². The second-order valence-electron chi connectivity index (χ2n) is 3.16. The van der Waals surface area contributed by atoms with Gasteiger partial charge in [-0.05, 0) is 28.1 Å². The minimum Gasteiger partial charge on any atom is -0.288 e. The number of carbonyl (C=O) groups excluding carboxylic acids is 2. The molecule has 0 fully saturated rings. The Balaban J connectivity index is 2.77. The molecule has 2 rings (SSSR count). The topological polar surface area (TPSA) is 106 Å². The van der Waals surface area contributed by atoms with Crippen molar-refractivity contribution in [2.75, 3.05) is 0 Å². The van der Waals surface area contributed by atoms with E-state index in [9.17, 15) is 18.0 Å². The van der Waals surface area contributed by atoms with Crippen molar-refractivity contribution in [2.45, 2.75) is 4.90 Å². The first-order chi connectivity index (χ1) is 7.30. The second kappa shape index (κ2) is 3.37. The average molecular weight is 305 g/mol. The Bertz CT molecular complexity index is 623. The summed E-state index contributed by atoms with van der Waals surface area (Å²) in [6.07, 6.45) is 0. The van der Waals surface area contributed by atoms with Crippen LogP contribution in [0.1, 0.15) is 20.7 Å². The molecule has 0 radical (unpaired) electrons. The summed E-state index contributed by atoms with van der Waals surface area (Å²) in [5, 5.41) is 7.01. The number of sulfonamides is 1. The van der Waals surface area contributed by atoms with E-state index in [-0.39, 0.29) is 20.5 Å². The van der Waals surface area contributed by atoms with Gasteiger partial charge in [-0.3, -0.25) is 14.9 Å². The van der Waals surface area contributed by atoms with Gasteiger partial charge in [0.05, 0.1) is 16.0 Å². The number of amides is 2. The van der Waals surface area contributed by atoms with Gasteiger partial charge >= 0.3 is 0 Å². The third kappa shape index (κ3) is 1.64. The Hall–Kier alpha value is -1.25. The zero-order chi connectivity index (χ0) is 12.1. The van der Waals surface area contributed by atoms with Gasteiger partial charge < -0.3 is 0 Å². The van der Waals surface area contributed by atoms with Crippen molar-refractivity contribution in [1.82, 2.24) is 5.32 Å². The van der Waals surface area contributed by atoms with Crippen LogP contribution in [0.5, 0.6) is 0 Å². The number of hydrogen-bond donors (Lipinski definition) is 2. The third-order valence-electron chi connectivity index (χ3n) is 2.09. The highest BCUT2D eigenvalue weighted by Gasteiger charge is 2.29. The number of benzene rings is 1. The molecule has 0 unspecified atom stereocenters. The number of nitrogens with two attached hydrogens (primary N) is 1. The lowest BCUT2D eigenvalue weighted by atomic mass is 10.1. The maximum atomic E-state index is 11.3. The van der Waals surface area contributed by atoms with Crippen molar-refractivity contribution in [2.24, 2.45) is 5.14 Å². The number of nitrogens with one attached hydrogen (secondary N) is 1. The smallest absolute Gasteiger partial charge is 0.258 e. The summed E-state index contributed by atoms with van der Waals surface area (Å²) in [5.41, 5.74) is 0.140. The highest BCUT2D eigenvalue weighted by molar-refractivity contribution is 9.10. The van der Waals surface area contributed by atoms with E-state index in [4.69, 9.17) is 5.14 Å². The van der Waals surface area contributed by atoms with Crippen molar-refractivity contribution < 1.29 is 18.0 Å². The number of rotatable bonds is 1. The van der Waals surface area contributed by atoms with Gasteiger partial charge in [0.15, 0.2) is 0 Å². The molecule has 0 saturated heterocycles. The van der Waals surface area contributed by atoms with Crippen LogP contribution in [0.25, 0.3) is 0 Å². The molecule has 8 heteroatoms. The van der Waals surface area contributed by atoms with Crippen LogP contribution in [-0.2, 0) is 10.0 Å². The number of hydrogen-bond acceptors (Lipinski definition) is 4. The molecule has 0 bridgehead atoms. The monoisotopic (exact) mass is 304 g/mol. The normalized spacial score (nSPS) is 14.9. The fourth-order valence-corrected chi connectivity index (χ4v) is 3.02. The minimum atomic E-state index is -3.93. The minimum absolute atomic E-state index is 0.0113. The van der Waals surface area contributed by atoms with E-state index in [1.807, 2.05) is 0 Å². The molecule has 0 saturated carbocycles. The van der Waals surface area contributed by atoms with Gasteiger partial charge in [-0.2, -0.15) is 0 Å². The van der Waals surface area contributed by atoms with Crippen LogP contribution in [0.15, 0.2) is 21.5 Å². The van der Waals surface area contributed by atoms with Crippen LogP contribution >= 0.6 is 15.9 Å². The Morgan fingerprint density at radius 3 is 2.12 bits per heavy atom. The Morgan fingerprint density at radius 2 is 1.62 bits per heavy atom. The average Bonchev–Trinajstić information content (AvgIpc) is 2.39. The zero-order valence-electron chi connectivity index (χ0n) is 7.65. The molecule has 0 atom stereocenters. The molecular weight excluding hydrogens is 300 g/mol. The zero-order valence-corrected chi connectivity index (χ0v) is 10.1. The Morgan fingerprint density at radius 1 is 1.12 bits per heavy atom. The molecule has 0 aromatic heterocycles. The van der Waals surface area contributed by atoms with Crippen LogP contribution in [-0.4, -0.2) is 20.2 Å². The standard InChI is InChI=1S/C8H5BrN2O4S/c9-5-1-3-4(8(13)11-7(3)12)2-6(5)16(10,14)15/h1-2H,(H2,10,14,15)(H,11,12,13). The first kappa shape index (κ1) is 11.2.